The Balaban J connectivity index is 1.52. The summed E-state index contributed by atoms with van der Waals surface area (Å²) in [5.74, 6) is 0. The van der Waals surface area contributed by atoms with E-state index in [4.69, 9.17) is 0 Å². The minimum Gasteiger partial charge on any atom is -0.310 e. The maximum absolute atomic E-state index is 15.1. The van der Waals surface area contributed by atoms with Crippen molar-refractivity contribution in [1.82, 2.24) is 0 Å². The fourth-order valence-electron chi connectivity index (χ4n) is 7.25. The molecule has 0 N–H and O–H groups in total. The molecule has 0 aliphatic heterocycles. The number of halogens is 6. The zero-order chi connectivity index (χ0) is 47.6. The molecule has 0 bridgehead atoms. The Kier molecular flexibility index (Phi) is 13.7. The predicted molar refractivity (Wildman–Crippen MR) is 256 cm³/mol. The van der Waals surface area contributed by atoms with Crippen LogP contribution in [0.4, 0.5) is 60.5 Å². The second-order valence-corrected chi connectivity index (χ2v) is 19.7. The van der Waals surface area contributed by atoms with Crippen LogP contribution in [-0.2, 0) is 23.2 Å². The lowest BCUT2D eigenvalue weighted by atomic mass is 9.87. The molecule has 0 heterocycles. The first kappa shape index (κ1) is 47.7. The number of anilines is 6. The molecule has 0 aromatic heterocycles. The van der Waals surface area contributed by atoms with E-state index in [9.17, 15) is 26.3 Å². The molecule has 7 rings (SSSR count). The van der Waals surface area contributed by atoms with Crippen molar-refractivity contribution in [2.24, 2.45) is 0 Å². The molecule has 66 heavy (non-hydrogen) atoms. The summed E-state index contributed by atoms with van der Waals surface area (Å²) in [6.07, 6.45) is -9.17. The van der Waals surface area contributed by atoms with Crippen LogP contribution >= 0.6 is 23.5 Å². The van der Waals surface area contributed by atoms with Gasteiger partial charge in [0.2, 0.25) is 10.2 Å². The summed E-state index contributed by atoms with van der Waals surface area (Å²) in [7, 11) is 0. The number of rotatable bonds is 10. The first-order chi connectivity index (χ1) is 31.1. The summed E-state index contributed by atoms with van der Waals surface area (Å²) in [4.78, 5) is 34.4. The van der Waals surface area contributed by atoms with Crippen molar-refractivity contribution in [1.29, 1.82) is 0 Å². The molecule has 7 aromatic rings. The van der Waals surface area contributed by atoms with E-state index in [1.54, 1.807) is 12.1 Å². The standard InChI is InChI=1S/C54H46F6N2O2S2/c1-51(2,3)35-17-25-41(26-18-35)61(39-13-9-7-10-14-39)47-33-46(50(64)66-44-31-23-38(24-32-44)54(58,59)60)48(34-45(47)49(63)65-43-29-21-37(22-30-43)53(55,56)57)62(40-15-11-8-12-16-40)42-27-19-36(20-28-42)52(4,5)6/h7-34H,1-6H3. The van der Waals surface area contributed by atoms with Gasteiger partial charge in [-0.15, -0.1) is 0 Å². The average molecular weight is 933 g/mol. The molecule has 0 radical (unpaired) electrons. The van der Waals surface area contributed by atoms with E-state index >= 15 is 9.59 Å². The molecule has 0 unspecified atom stereocenters. The molecule has 0 spiro atoms. The van der Waals surface area contributed by atoms with Crippen molar-refractivity contribution in [2.75, 3.05) is 9.80 Å². The first-order valence-electron chi connectivity index (χ1n) is 21.0. The smallest absolute Gasteiger partial charge is 0.310 e. The zero-order valence-corrected chi connectivity index (χ0v) is 38.6. The number of para-hydroxylation sites is 2. The van der Waals surface area contributed by atoms with Gasteiger partial charge in [-0.3, -0.25) is 9.59 Å². The largest absolute Gasteiger partial charge is 0.416 e. The second-order valence-electron chi connectivity index (χ2n) is 17.6. The van der Waals surface area contributed by atoms with Crippen LogP contribution in [0.2, 0.25) is 0 Å². The van der Waals surface area contributed by atoms with Gasteiger partial charge in [0.15, 0.2) is 0 Å². The molecule has 0 aliphatic rings. The van der Waals surface area contributed by atoms with Crippen LogP contribution < -0.4 is 9.80 Å². The Morgan fingerprint density at radius 2 is 0.652 bits per heavy atom. The normalized spacial score (nSPS) is 12.2. The molecular weight excluding hydrogens is 887 g/mol. The molecular formula is C54H46F6N2O2S2. The van der Waals surface area contributed by atoms with Gasteiger partial charge >= 0.3 is 12.4 Å². The van der Waals surface area contributed by atoms with Gasteiger partial charge < -0.3 is 9.80 Å². The second kappa shape index (κ2) is 18.9. The van der Waals surface area contributed by atoms with Crippen molar-refractivity contribution in [3.63, 3.8) is 0 Å². The van der Waals surface area contributed by atoms with Crippen LogP contribution in [0.25, 0.3) is 0 Å². The molecule has 0 fully saturated rings. The Labute approximate surface area is 389 Å². The number of carbonyl (C=O) groups is 2. The fraction of sp³-hybridized carbons (Fsp3) is 0.185. The van der Waals surface area contributed by atoms with Crippen LogP contribution in [0, 0.1) is 0 Å². The number of carbonyl (C=O) groups excluding carboxylic acids is 2. The number of nitrogens with zero attached hydrogens (tertiary/aromatic N) is 2. The van der Waals surface area contributed by atoms with Crippen molar-refractivity contribution in [3.8, 4) is 0 Å². The van der Waals surface area contributed by atoms with Gasteiger partial charge in [-0.05, 0) is 155 Å². The van der Waals surface area contributed by atoms with Gasteiger partial charge in [-0.25, -0.2) is 0 Å². The highest BCUT2D eigenvalue weighted by molar-refractivity contribution is 8.14. The van der Waals surface area contributed by atoms with Gasteiger partial charge in [-0.1, -0.05) is 102 Å². The lowest BCUT2D eigenvalue weighted by Gasteiger charge is -2.32. The SMILES string of the molecule is CC(C)(C)c1ccc(N(c2ccccc2)c2cc(C(=O)Sc3ccc(C(F)(F)F)cc3)c(N(c3ccccc3)c3ccc(C(C)(C)C)cc3)cc2C(=O)Sc2ccc(C(F)(F)F)cc2)cc1. The fourth-order valence-corrected chi connectivity index (χ4v) is 8.77. The zero-order valence-electron chi connectivity index (χ0n) is 37.0. The molecule has 12 heteroatoms. The molecule has 0 saturated carbocycles. The lowest BCUT2D eigenvalue weighted by molar-refractivity contribution is -0.138. The summed E-state index contributed by atoms with van der Waals surface area (Å²) in [5.41, 5.74) is 3.34. The molecule has 0 saturated heterocycles. The van der Waals surface area contributed by atoms with E-state index in [2.05, 4.69) is 41.5 Å². The van der Waals surface area contributed by atoms with E-state index in [1.165, 1.54) is 24.3 Å². The highest BCUT2D eigenvalue weighted by atomic mass is 32.2. The van der Waals surface area contributed by atoms with Gasteiger partial charge in [0.1, 0.15) is 0 Å². The summed E-state index contributed by atoms with van der Waals surface area (Å²) in [5, 5.41) is -1.05. The summed E-state index contributed by atoms with van der Waals surface area (Å²) in [6, 6.07) is 46.0. The van der Waals surface area contributed by atoms with Crippen molar-refractivity contribution < 1.29 is 35.9 Å². The van der Waals surface area contributed by atoms with Crippen LogP contribution in [-0.4, -0.2) is 10.2 Å². The molecule has 0 aliphatic carbocycles. The average Bonchev–Trinajstić information content (AvgIpc) is 3.27. The maximum Gasteiger partial charge on any atom is 0.416 e. The third-order valence-electron chi connectivity index (χ3n) is 10.8. The Hall–Kier alpha value is -6.24. The summed E-state index contributed by atoms with van der Waals surface area (Å²) in [6.45, 7) is 12.5. The van der Waals surface area contributed by atoms with Gasteiger partial charge in [0, 0.05) is 32.5 Å². The third-order valence-corrected chi connectivity index (χ3v) is 12.7. The predicted octanol–water partition coefficient (Wildman–Crippen LogP) is 17.1. The van der Waals surface area contributed by atoms with Crippen LogP contribution in [0.15, 0.2) is 180 Å². The van der Waals surface area contributed by atoms with E-state index in [-0.39, 0.29) is 43.1 Å². The van der Waals surface area contributed by atoms with Crippen LogP contribution in [0.3, 0.4) is 0 Å². The molecule has 0 amide bonds. The molecule has 4 nitrogen and oxygen atoms in total. The topological polar surface area (TPSA) is 40.6 Å². The van der Waals surface area contributed by atoms with Crippen molar-refractivity contribution >= 4 is 67.9 Å². The van der Waals surface area contributed by atoms with Gasteiger partial charge in [0.25, 0.3) is 0 Å². The van der Waals surface area contributed by atoms with E-state index in [0.717, 1.165) is 58.9 Å². The summed E-state index contributed by atoms with van der Waals surface area (Å²) < 4.78 is 81.8. The van der Waals surface area contributed by atoms with E-state index in [0.29, 0.717) is 22.7 Å². The molecule has 338 valence electrons. The minimum absolute atomic E-state index is 0.127. The number of benzene rings is 7. The number of hydrogen-bond donors (Lipinski definition) is 0. The van der Waals surface area contributed by atoms with Crippen molar-refractivity contribution in [2.45, 2.75) is 74.5 Å². The first-order valence-corrected chi connectivity index (χ1v) is 22.6. The quantitative estimate of drug-likeness (QED) is 0.101. The highest BCUT2D eigenvalue weighted by Gasteiger charge is 2.33. The molecule has 7 aromatic carbocycles. The monoisotopic (exact) mass is 932 g/mol. The van der Waals surface area contributed by atoms with Crippen LogP contribution in [0.1, 0.15) is 84.5 Å². The third kappa shape index (κ3) is 11.1. The van der Waals surface area contributed by atoms with Gasteiger partial charge in [0.05, 0.1) is 33.6 Å². The maximum atomic E-state index is 15.1. The van der Waals surface area contributed by atoms with Crippen molar-refractivity contribution in [3.05, 3.63) is 203 Å². The molecule has 0 atom stereocenters. The summed E-state index contributed by atoms with van der Waals surface area (Å²) >= 11 is 1.49. The Morgan fingerprint density at radius 3 is 0.924 bits per heavy atom. The van der Waals surface area contributed by atoms with E-state index in [1.807, 2.05) is 119 Å². The number of hydrogen-bond acceptors (Lipinski definition) is 6. The number of thioether (sulfide) groups is 2. The van der Waals surface area contributed by atoms with Crippen LogP contribution in [0.5, 0.6) is 0 Å². The minimum atomic E-state index is -4.58. The van der Waals surface area contributed by atoms with Gasteiger partial charge in [-0.2, -0.15) is 26.3 Å². The lowest BCUT2D eigenvalue weighted by Crippen LogP contribution is -2.19. The highest BCUT2D eigenvalue weighted by Crippen LogP contribution is 2.47. The Bertz CT molecular complexity index is 2600. The Morgan fingerprint density at radius 1 is 0.379 bits per heavy atom. The van der Waals surface area contributed by atoms with E-state index < -0.39 is 33.7 Å². The number of alkyl halides is 6.